The molecule has 4 heterocycles. The van der Waals surface area contributed by atoms with E-state index >= 15 is 0 Å². The molecule has 2 aromatic rings. The van der Waals surface area contributed by atoms with Crippen molar-refractivity contribution < 1.29 is 13.9 Å². The second-order valence-corrected chi connectivity index (χ2v) is 7.27. The van der Waals surface area contributed by atoms with Gasteiger partial charge in [0.1, 0.15) is 12.4 Å². The third-order valence-electron chi connectivity index (χ3n) is 4.11. The second-order valence-electron chi connectivity index (χ2n) is 5.78. The lowest BCUT2D eigenvalue weighted by Crippen LogP contribution is -2.60. The van der Waals surface area contributed by atoms with E-state index in [1.54, 1.807) is 12.3 Å². The van der Waals surface area contributed by atoms with Crippen LogP contribution >= 0.6 is 11.8 Å². The average Bonchev–Trinajstić information content (AvgIpc) is 3.16. The van der Waals surface area contributed by atoms with E-state index in [4.69, 9.17) is 9.15 Å². The van der Waals surface area contributed by atoms with E-state index in [9.17, 15) is 4.79 Å². The Labute approximate surface area is 132 Å². The number of hydrogen-bond donors (Lipinski definition) is 0. The van der Waals surface area contributed by atoms with Crippen LogP contribution in [0, 0.1) is 0 Å². The van der Waals surface area contributed by atoms with Crippen LogP contribution in [0.25, 0.3) is 0 Å². The van der Waals surface area contributed by atoms with Gasteiger partial charge in [-0.05, 0) is 12.1 Å². The molecule has 114 valence electrons. The number of carbonyl (C=O) groups is 1. The highest BCUT2D eigenvalue weighted by atomic mass is 32.2. The highest BCUT2D eigenvalue weighted by Gasteiger charge is 2.51. The number of nitrogens with zero attached hydrogens (tertiary/aromatic N) is 2. The summed E-state index contributed by atoms with van der Waals surface area (Å²) in [6.45, 7) is 1.56. The maximum atomic E-state index is 12.2. The molecular formula is C16H16N2O3S. The number of aromatic nitrogens is 1. The Morgan fingerprint density at radius 1 is 1.41 bits per heavy atom. The van der Waals surface area contributed by atoms with Crippen molar-refractivity contribution in [1.29, 1.82) is 0 Å². The maximum absolute atomic E-state index is 12.2. The zero-order valence-corrected chi connectivity index (χ0v) is 12.8. The minimum absolute atomic E-state index is 0.0501. The molecule has 1 spiro atoms. The summed E-state index contributed by atoms with van der Waals surface area (Å²) in [6.07, 6.45) is 5.91. The third kappa shape index (κ3) is 2.47. The minimum Gasteiger partial charge on any atom is -0.473 e. The fourth-order valence-corrected chi connectivity index (χ4v) is 4.57. The van der Waals surface area contributed by atoms with Gasteiger partial charge in [-0.2, -0.15) is 0 Å². The number of ether oxygens (including phenoxy) is 1. The van der Waals surface area contributed by atoms with Gasteiger partial charge >= 0.3 is 0 Å². The molecule has 0 N–H and O–H groups in total. The molecule has 2 aliphatic heterocycles. The lowest BCUT2D eigenvalue weighted by atomic mass is 9.92. The first-order valence-electron chi connectivity index (χ1n) is 7.27. The van der Waals surface area contributed by atoms with Crippen LogP contribution < -0.4 is 4.74 Å². The SMILES string of the molecule is O=C(c1ccoc1)N1CC2(CC(Oc3ccccn3)CS2)C1. The molecule has 0 saturated carbocycles. The highest BCUT2D eigenvalue weighted by Crippen LogP contribution is 2.46. The van der Waals surface area contributed by atoms with E-state index in [0.717, 1.165) is 25.3 Å². The average molecular weight is 316 g/mol. The monoisotopic (exact) mass is 316 g/mol. The van der Waals surface area contributed by atoms with E-state index in [0.29, 0.717) is 11.4 Å². The lowest BCUT2D eigenvalue weighted by molar-refractivity contribution is 0.0515. The molecule has 1 amide bonds. The van der Waals surface area contributed by atoms with Crippen LogP contribution in [0.1, 0.15) is 16.8 Å². The summed E-state index contributed by atoms with van der Waals surface area (Å²) in [4.78, 5) is 18.3. The molecule has 0 radical (unpaired) electrons. The Hall–Kier alpha value is -1.95. The Morgan fingerprint density at radius 2 is 2.32 bits per heavy atom. The quantitative estimate of drug-likeness (QED) is 0.870. The second kappa shape index (κ2) is 5.35. The number of thioether (sulfide) groups is 1. The first-order valence-corrected chi connectivity index (χ1v) is 8.26. The molecule has 2 saturated heterocycles. The van der Waals surface area contributed by atoms with Gasteiger partial charge in [0.05, 0.1) is 16.6 Å². The van der Waals surface area contributed by atoms with Gasteiger partial charge in [-0.15, -0.1) is 11.8 Å². The van der Waals surface area contributed by atoms with Crippen molar-refractivity contribution in [3.8, 4) is 5.88 Å². The van der Waals surface area contributed by atoms with Crippen molar-refractivity contribution >= 4 is 17.7 Å². The van der Waals surface area contributed by atoms with E-state index < -0.39 is 0 Å². The highest BCUT2D eigenvalue weighted by molar-refractivity contribution is 8.01. The summed E-state index contributed by atoms with van der Waals surface area (Å²) in [7, 11) is 0. The van der Waals surface area contributed by atoms with E-state index in [1.807, 2.05) is 34.9 Å². The normalized spacial score (nSPS) is 22.5. The van der Waals surface area contributed by atoms with Gasteiger partial charge in [-0.25, -0.2) is 4.98 Å². The summed E-state index contributed by atoms with van der Waals surface area (Å²) in [5.74, 6) is 1.68. The zero-order chi connectivity index (χ0) is 15.0. The Morgan fingerprint density at radius 3 is 3.05 bits per heavy atom. The topological polar surface area (TPSA) is 55.6 Å². The van der Waals surface area contributed by atoms with E-state index in [1.165, 1.54) is 12.5 Å². The number of furan rings is 1. The standard InChI is InChI=1S/C16H16N2O3S/c19-15(12-4-6-20-8-12)18-10-16(11-18)7-13(9-22-16)21-14-3-1-2-5-17-14/h1-6,8,13H,7,9-11H2. The van der Waals surface area contributed by atoms with Crippen LogP contribution in [0.4, 0.5) is 0 Å². The van der Waals surface area contributed by atoms with Crippen molar-refractivity contribution in [3.05, 3.63) is 48.6 Å². The zero-order valence-electron chi connectivity index (χ0n) is 12.0. The van der Waals surface area contributed by atoms with Crippen LogP contribution in [-0.2, 0) is 0 Å². The first kappa shape index (κ1) is 13.7. The molecule has 2 aliphatic rings. The number of rotatable bonds is 3. The van der Waals surface area contributed by atoms with E-state index in [2.05, 4.69) is 4.98 Å². The summed E-state index contributed by atoms with van der Waals surface area (Å²) in [5, 5.41) is 0. The minimum atomic E-state index is 0.0501. The molecule has 2 aromatic heterocycles. The Kier molecular flexibility index (Phi) is 3.33. The number of hydrogen-bond acceptors (Lipinski definition) is 5. The molecule has 2 fully saturated rings. The molecule has 1 unspecified atom stereocenters. The molecule has 0 bridgehead atoms. The molecular weight excluding hydrogens is 300 g/mol. The Bertz CT molecular complexity index is 653. The van der Waals surface area contributed by atoms with Gasteiger partial charge in [0.2, 0.25) is 5.88 Å². The fourth-order valence-electron chi connectivity index (χ4n) is 3.05. The van der Waals surface area contributed by atoms with Crippen LogP contribution in [0.2, 0.25) is 0 Å². The van der Waals surface area contributed by atoms with Crippen molar-refractivity contribution in [2.24, 2.45) is 0 Å². The van der Waals surface area contributed by atoms with Gasteiger partial charge in [0.25, 0.3) is 5.91 Å². The third-order valence-corrected chi connectivity index (χ3v) is 5.69. The van der Waals surface area contributed by atoms with Crippen molar-refractivity contribution in [3.63, 3.8) is 0 Å². The van der Waals surface area contributed by atoms with Crippen LogP contribution in [0.5, 0.6) is 5.88 Å². The summed E-state index contributed by atoms with van der Waals surface area (Å²) >= 11 is 1.91. The maximum Gasteiger partial charge on any atom is 0.257 e. The summed E-state index contributed by atoms with van der Waals surface area (Å²) in [6, 6.07) is 7.39. The number of carbonyl (C=O) groups excluding carboxylic acids is 1. The molecule has 0 aliphatic carbocycles. The van der Waals surface area contributed by atoms with E-state index in [-0.39, 0.29) is 16.8 Å². The molecule has 1 atom stereocenters. The number of likely N-dealkylation sites (tertiary alicyclic amines) is 1. The van der Waals surface area contributed by atoms with Crippen molar-refractivity contribution in [1.82, 2.24) is 9.88 Å². The van der Waals surface area contributed by atoms with Gasteiger partial charge < -0.3 is 14.1 Å². The molecule has 4 rings (SSSR count). The molecule has 5 nitrogen and oxygen atoms in total. The predicted octanol–water partition coefficient (Wildman–Crippen LogP) is 2.45. The largest absolute Gasteiger partial charge is 0.473 e. The van der Waals surface area contributed by atoms with Crippen molar-refractivity contribution in [2.45, 2.75) is 17.3 Å². The fraction of sp³-hybridized carbons (Fsp3) is 0.375. The van der Waals surface area contributed by atoms with Gasteiger partial charge in [-0.1, -0.05) is 6.07 Å². The molecule has 22 heavy (non-hydrogen) atoms. The number of amides is 1. The van der Waals surface area contributed by atoms with Gasteiger partial charge in [-0.3, -0.25) is 4.79 Å². The summed E-state index contributed by atoms with van der Waals surface area (Å²) in [5.41, 5.74) is 0.624. The summed E-state index contributed by atoms with van der Waals surface area (Å²) < 4.78 is 11.1. The predicted molar refractivity (Wildman–Crippen MR) is 83.1 cm³/mol. The number of pyridine rings is 1. The molecule has 6 heteroatoms. The lowest BCUT2D eigenvalue weighted by Gasteiger charge is -2.47. The van der Waals surface area contributed by atoms with Crippen molar-refractivity contribution in [2.75, 3.05) is 18.8 Å². The van der Waals surface area contributed by atoms with Gasteiger partial charge in [0, 0.05) is 37.5 Å². The Balaban J connectivity index is 1.33. The van der Waals surface area contributed by atoms with Gasteiger partial charge in [0.15, 0.2) is 0 Å². The van der Waals surface area contributed by atoms with Crippen LogP contribution in [-0.4, -0.2) is 45.5 Å². The molecule has 0 aromatic carbocycles. The van der Waals surface area contributed by atoms with Crippen LogP contribution in [0.3, 0.4) is 0 Å². The first-order chi connectivity index (χ1) is 10.7. The van der Waals surface area contributed by atoms with Crippen LogP contribution in [0.15, 0.2) is 47.4 Å². The smallest absolute Gasteiger partial charge is 0.257 e.